The first-order valence-corrected chi connectivity index (χ1v) is 6.55. The highest BCUT2D eigenvalue weighted by molar-refractivity contribution is 7.89. The molecule has 7 heteroatoms. The SMILES string of the molecule is CCC(C)(CCO)NS(=O)(=O)c1cnc[nH]1. The molecule has 0 spiro atoms. The van der Waals surface area contributed by atoms with Crippen LogP contribution in [-0.4, -0.2) is 35.6 Å². The summed E-state index contributed by atoms with van der Waals surface area (Å²) in [6.07, 6.45) is 3.53. The number of aliphatic hydroxyl groups excluding tert-OH is 1. The Kier molecular flexibility index (Phi) is 4.06. The number of nitrogens with zero attached hydrogens (tertiary/aromatic N) is 1. The first kappa shape index (κ1) is 13.1. The summed E-state index contributed by atoms with van der Waals surface area (Å²) in [5, 5.41) is 8.94. The van der Waals surface area contributed by atoms with Crippen LogP contribution in [-0.2, 0) is 10.0 Å². The van der Waals surface area contributed by atoms with E-state index in [-0.39, 0.29) is 11.6 Å². The van der Waals surface area contributed by atoms with Crippen LogP contribution in [0.4, 0.5) is 0 Å². The van der Waals surface area contributed by atoms with Crippen molar-refractivity contribution >= 4 is 10.0 Å². The van der Waals surface area contributed by atoms with Crippen LogP contribution in [0, 0.1) is 0 Å². The molecule has 6 nitrogen and oxygen atoms in total. The summed E-state index contributed by atoms with van der Waals surface area (Å²) in [5.41, 5.74) is -0.640. The highest BCUT2D eigenvalue weighted by atomic mass is 32.2. The van der Waals surface area contributed by atoms with Crippen molar-refractivity contribution in [3.05, 3.63) is 12.5 Å². The lowest BCUT2D eigenvalue weighted by Gasteiger charge is -2.28. The number of imidazole rings is 1. The Morgan fingerprint density at radius 2 is 2.31 bits per heavy atom. The molecule has 1 heterocycles. The summed E-state index contributed by atoms with van der Waals surface area (Å²) in [6.45, 7) is 3.57. The maximum Gasteiger partial charge on any atom is 0.258 e. The van der Waals surface area contributed by atoms with Crippen molar-refractivity contribution in [2.75, 3.05) is 6.61 Å². The van der Waals surface area contributed by atoms with Gasteiger partial charge in [0, 0.05) is 12.1 Å². The number of hydrogen-bond acceptors (Lipinski definition) is 4. The molecule has 0 radical (unpaired) electrons. The van der Waals surface area contributed by atoms with Gasteiger partial charge in [0.15, 0.2) is 5.03 Å². The molecule has 0 saturated heterocycles. The topological polar surface area (TPSA) is 95.1 Å². The van der Waals surface area contributed by atoms with Crippen molar-refractivity contribution in [1.29, 1.82) is 0 Å². The second kappa shape index (κ2) is 4.94. The van der Waals surface area contributed by atoms with Crippen molar-refractivity contribution in [3.8, 4) is 0 Å². The minimum Gasteiger partial charge on any atom is -0.396 e. The van der Waals surface area contributed by atoms with E-state index in [4.69, 9.17) is 5.11 Å². The summed E-state index contributed by atoms with van der Waals surface area (Å²) in [4.78, 5) is 6.21. The number of aliphatic hydroxyl groups is 1. The maximum atomic E-state index is 11.9. The highest BCUT2D eigenvalue weighted by Crippen LogP contribution is 2.17. The number of nitrogens with one attached hydrogen (secondary N) is 2. The fourth-order valence-corrected chi connectivity index (χ4v) is 2.73. The normalized spacial score (nSPS) is 15.9. The first-order chi connectivity index (χ1) is 7.43. The van der Waals surface area contributed by atoms with Gasteiger partial charge in [0.1, 0.15) is 0 Å². The monoisotopic (exact) mass is 247 g/mol. The molecule has 1 aromatic rings. The summed E-state index contributed by atoms with van der Waals surface area (Å²) >= 11 is 0. The molecule has 0 aliphatic carbocycles. The molecule has 3 N–H and O–H groups in total. The number of hydrogen-bond donors (Lipinski definition) is 3. The second-order valence-electron chi connectivity index (χ2n) is 3.91. The smallest absolute Gasteiger partial charge is 0.258 e. The Bertz CT molecular complexity index is 415. The molecule has 1 aromatic heterocycles. The Morgan fingerprint density at radius 1 is 1.62 bits per heavy atom. The zero-order chi connectivity index (χ0) is 12.2. The van der Waals surface area contributed by atoms with Crippen LogP contribution in [0.3, 0.4) is 0 Å². The van der Waals surface area contributed by atoms with Crippen molar-refractivity contribution in [2.24, 2.45) is 0 Å². The van der Waals surface area contributed by atoms with E-state index in [2.05, 4.69) is 14.7 Å². The van der Waals surface area contributed by atoms with E-state index in [0.717, 1.165) is 0 Å². The largest absolute Gasteiger partial charge is 0.396 e. The van der Waals surface area contributed by atoms with Crippen molar-refractivity contribution < 1.29 is 13.5 Å². The van der Waals surface area contributed by atoms with Gasteiger partial charge in [0.25, 0.3) is 10.0 Å². The lowest BCUT2D eigenvalue weighted by atomic mass is 9.97. The predicted octanol–water partition coefficient (Wildman–Crippen LogP) is 0.239. The van der Waals surface area contributed by atoms with Crippen molar-refractivity contribution in [1.82, 2.24) is 14.7 Å². The molecule has 0 aliphatic rings. The molecule has 1 unspecified atom stereocenters. The highest BCUT2D eigenvalue weighted by Gasteiger charge is 2.29. The van der Waals surface area contributed by atoms with Gasteiger partial charge >= 0.3 is 0 Å². The van der Waals surface area contributed by atoms with Gasteiger partial charge in [-0.1, -0.05) is 6.92 Å². The summed E-state index contributed by atoms with van der Waals surface area (Å²) in [5.74, 6) is 0. The van der Waals surface area contributed by atoms with Crippen LogP contribution in [0.15, 0.2) is 17.6 Å². The average Bonchev–Trinajstić information content (AvgIpc) is 2.70. The molecule has 92 valence electrons. The molecular weight excluding hydrogens is 230 g/mol. The Labute approximate surface area is 95.2 Å². The van der Waals surface area contributed by atoms with Gasteiger partial charge < -0.3 is 10.1 Å². The third-order valence-electron chi connectivity index (χ3n) is 2.59. The van der Waals surface area contributed by atoms with Crippen LogP contribution < -0.4 is 4.72 Å². The minimum atomic E-state index is -3.59. The van der Waals surface area contributed by atoms with E-state index < -0.39 is 15.6 Å². The third kappa shape index (κ3) is 3.03. The van der Waals surface area contributed by atoms with Gasteiger partial charge in [-0.05, 0) is 19.8 Å². The van der Waals surface area contributed by atoms with Gasteiger partial charge in [0.05, 0.1) is 12.5 Å². The molecule has 16 heavy (non-hydrogen) atoms. The standard InChI is InChI=1S/C9H17N3O3S/c1-3-9(2,4-5-13)12-16(14,15)8-6-10-7-11-8/h6-7,12-13H,3-5H2,1-2H3,(H,10,11). The number of aromatic nitrogens is 2. The first-order valence-electron chi connectivity index (χ1n) is 5.07. The van der Waals surface area contributed by atoms with E-state index in [0.29, 0.717) is 12.8 Å². The fraction of sp³-hybridized carbons (Fsp3) is 0.667. The molecule has 0 bridgehead atoms. The fourth-order valence-electron chi connectivity index (χ4n) is 1.32. The molecule has 0 saturated carbocycles. The zero-order valence-corrected chi connectivity index (χ0v) is 10.2. The number of sulfonamides is 1. The number of rotatable bonds is 6. The van der Waals surface area contributed by atoms with E-state index in [9.17, 15) is 8.42 Å². The van der Waals surface area contributed by atoms with Gasteiger partial charge in [0.2, 0.25) is 0 Å². The molecule has 0 fully saturated rings. The quantitative estimate of drug-likeness (QED) is 0.671. The van der Waals surface area contributed by atoms with Gasteiger partial charge in [-0.3, -0.25) is 0 Å². The van der Waals surface area contributed by atoms with Crippen molar-refractivity contribution in [3.63, 3.8) is 0 Å². The van der Waals surface area contributed by atoms with E-state index in [1.807, 2.05) is 6.92 Å². The molecule has 0 aromatic carbocycles. The lowest BCUT2D eigenvalue weighted by molar-refractivity contribution is 0.233. The zero-order valence-electron chi connectivity index (χ0n) is 9.40. The lowest BCUT2D eigenvalue weighted by Crippen LogP contribution is -2.46. The number of aromatic amines is 1. The Morgan fingerprint density at radius 3 is 2.75 bits per heavy atom. The Hall–Kier alpha value is -0.920. The minimum absolute atomic E-state index is 0.0325. The summed E-state index contributed by atoms with van der Waals surface area (Å²) in [7, 11) is -3.59. The van der Waals surface area contributed by atoms with Crippen LogP contribution in [0.5, 0.6) is 0 Å². The Balaban J connectivity index is 2.87. The molecule has 1 atom stereocenters. The molecule has 0 aliphatic heterocycles. The van der Waals surface area contributed by atoms with Gasteiger partial charge in [-0.25, -0.2) is 18.1 Å². The van der Waals surface area contributed by atoms with Crippen LogP contribution in [0.2, 0.25) is 0 Å². The third-order valence-corrected chi connectivity index (χ3v) is 4.15. The van der Waals surface area contributed by atoms with Crippen LogP contribution in [0.25, 0.3) is 0 Å². The molecular formula is C9H17N3O3S. The van der Waals surface area contributed by atoms with E-state index in [1.165, 1.54) is 12.5 Å². The number of H-pyrrole nitrogens is 1. The van der Waals surface area contributed by atoms with Gasteiger partial charge in [-0.15, -0.1) is 0 Å². The average molecular weight is 247 g/mol. The second-order valence-corrected chi connectivity index (χ2v) is 5.56. The summed E-state index contributed by atoms with van der Waals surface area (Å²) in [6, 6.07) is 0. The predicted molar refractivity (Wildman–Crippen MR) is 59.3 cm³/mol. The van der Waals surface area contributed by atoms with E-state index >= 15 is 0 Å². The maximum absolute atomic E-state index is 11.9. The summed E-state index contributed by atoms with van der Waals surface area (Å²) < 4.78 is 26.3. The van der Waals surface area contributed by atoms with E-state index in [1.54, 1.807) is 6.92 Å². The molecule has 0 amide bonds. The van der Waals surface area contributed by atoms with Crippen LogP contribution >= 0.6 is 0 Å². The van der Waals surface area contributed by atoms with Crippen molar-refractivity contribution in [2.45, 2.75) is 37.3 Å². The van der Waals surface area contributed by atoms with Gasteiger partial charge in [-0.2, -0.15) is 0 Å². The van der Waals surface area contributed by atoms with Crippen LogP contribution in [0.1, 0.15) is 26.7 Å². The molecule has 1 rings (SSSR count).